The van der Waals surface area contributed by atoms with Crippen molar-refractivity contribution in [2.45, 2.75) is 51.0 Å². The van der Waals surface area contributed by atoms with Gasteiger partial charge < -0.3 is 14.2 Å². The lowest BCUT2D eigenvalue weighted by Crippen LogP contribution is -2.29. The van der Waals surface area contributed by atoms with Gasteiger partial charge in [-0.1, -0.05) is 12.5 Å². The zero-order valence-electron chi connectivity index (χ0n) is 21.3. The molecule has 0 spiro atoms. The third-order valence-electron chi connectivity index (χ3n) is 6.25. The van der Waals surface area contributed by atoms with Gasteiger partial charge in [-0.05, 0) is 88.2 Å². The van der Waals surface area contributed by atoms with Crippen LogP contribution < -0.4 is 4.74 Å². The maximum Gasteiger partial charge on any atom is 0.243 e. The molecular formula is C26H38N4O3S. The van der Waals surface area contributed by atoms with E-state index in [2.05, 4.69) is 46.7 Å². The molecule has 1 aromatic heterocycles. The number of benzene rings is 2. The molecular weight excluding hydrogens is 448 g/mol. The molecule has 0 amide bonds. The Hall–Kier alpha value is -2.42. The van der Waals surface area contributed by atoms with Crippen molar-refractivity contribution in [2.24, 2.45) is 0 Å². The van der Waals surface area contributed by atoms with E-state index >= 15 is 0 Å². The Morgan fingerprint density at radius 3 is 2.32 bits per heavy atom. The molecule has 0 saturated heterocycles. The molecule has 0 saturated carbocycles. The first-order valence-corrected chi connectivity index (χ1v) is 13.3. The smallest absolute Gasteiger partial charge is 0.243 e. The Bertz CT molecular complexity index is 1200. The highest BCUT2D eigenvalue weighted by molar-refractivity contribution is 7.89. The number of ether oxygens (including phenoxy) is 1. The molecule has 0 fully saturated rings. The zero-order chi connectivity index (χ0) is 24.9. The Morgan fingerprint density at radius 1 is 0.971 bits per heavy atom. The van der Waals surface area contributed by atoms with Crippen LogP contribution in [0, 0.1) is 13.8 Å². The summed E-state index contributed by atoms with van der Waals surface area (Å²) in [7, 11) is 3.87. The molecule has 0 unspecified atom stereocenters. The standard InChI is InChI=1S/C26H38N4O3S/c1-20-16-23(33-6)17-21(2)26(20)34(31,32)29(5)13-9-7-8-10-22-11-12-24-25(18-22)30(19-27-24)15-14-28(3)4/h11-12,16-19H,7-10,13-15H2,1-6H3. The summed E-state index contributed by atoms with van der Waals surface area (Å²) in [4.78, 5) is 7.07. The highest BCUT2D eigenvalue weighted by atomic mass is 32.2. The molecule has 2 aromatic carbocycles. The van der Waals surface area contributed by atoms with Crippen molar-refractivity contribution >= 4 is 21.1 Å². The van der Waals surface area contributed by atoms with E-state index in [1.807, 2.05) is 20.2 Å². The number of sulfonamides is 1. The van der Waals surface area contributed by atoms with Gasteiger partial charge in [0.25, 0.3) is 0 Å². The number of aryl methyl sites for hydroxylation is 3. The minimum Gasteiger partial charge on any atom is -0.497 e. The second-order valence-electron chi connectivity index (χ2n) is 9.29. The quantitative estimate of drug-likeness (QED) is 0.358. The Morgan fingerprint density at radius 2 is 1.68 bits per heavy atom. The number of hydrogen-bond acceptors (Lipinski definition) is 5. The molecule has 0 bridgehead atoms. The molecule has 3 rings (SSSR count). The van der Waals surface area contributed by atoms with Crippen molar-refractivity contribution in [3.8, 4) is 5.75 Å². The summed E-state index contributed by atoms with van der Waals surface area (Å²) in [6, 6.07) is 10.0. The summed E-state index contributed by atoms with van der Waals surface area (Å²) >= 11 is 0. The first kappa shape index (κ1) is 26.2. The summed E-state index contributed by atoms with van der Waals surface area (Å²) in [6.07, 6.45) is 5.71. The SMILES string of the molecule is COc1cc(C)c(S(=O)(=O)N(C)CCCCCc2ccc3ncn(CCN(C)C)c3c2)c(C)c1. The van der Waals surface area contributed by atoms with Gasteiger partial charge in [0.2, 0.25) is 10.0 Å². The van der Waals surface area contributed by atoms with E-state index in [4.69, 9.17) is 4.74 Å². The average molecular weight is 487 g/mol. The Kier molecular flexibility index (Phi) is 8.73. The van der Waals surface area contributed by atoms with E-state index in [1.54, 1.807) is 26.3 Å². The van der Waals surface area contributed by atoms with Crippen molar-refractivity contribution in [2.75, 3.05) is 41.3 Å². The van der Waals surface area contributed by atoms with Crippen molar-refractivity contribution in [1.29, 1.82) is 0 Å². The minimum absolute atomic E-state index is 0.384. The minimum atomic E-state index is -3.53. The van der Waals surface area contributed by atoms with E-state index in [9.17, 15) is 8.42 Å². The summed E-state index contributed by atoms with van der Waals surface area (Å²) in [5.41, 5.74) is 4.92. The summed E-state index contributed by atoms with van der Waals surface area (Å²) in [6.45, 7) is 6.03. The van der Waals surface area contributed by atoms with Crippen molar-refractivity contribution < 1.29 is 13.2 Å². The number of likely N-dealkylation sites (N-methyl/N-ethyl adjacent to an activating group) is 1. The molecule has 3 aromatic rings. The van der Waals surface area contributed by atoms with Gasteiger partial charge in [0.1, 0.15) is 5.75 Å². The number of nitrogens with zero attached hydrogens (tertiary/aromatic N) is 4. The van der Waals surface area contributed by atoms with Crippen LogP contribution in [0.3, 0.4) is 0 Å². The molecule has 0 aliphatic heterocycles. The molecule has 34 heavy (non-hydrogen) atoms. The molecule has 0 atom stereocenters. The predicted molar refractivity (Wildman–Crippen MR) is 138 cm³/mol. The van der Waals surface area contributed by atoms with Crippen LogP contribution in [0.2, 0.25) is 0 Å². The number of hydrogen-bond donors (Lipinski definition) is 0. The summed E-state index contributed by atoms with van der Waals surface area (Å²) in [5, 5.41) is 0. The van der Waals surface area contributed by atoms with E-state index in [1.165, 1.54) is 15.4 Å². The van der Waals surface area contributed by atoms with E-state index in [0.29, 0.717) is 28.3 Å². The van der Waals surface area contributed by atoms with Crippen LogP contribution in [0.5, 0.6) is 5.75 Å². The lowest BCUT2D eigenvalue weighted by atomic mass is 10.1. The Balaban J connectivity index is 1.53. The van der Waals surface area contributed by atoms with Crippen LogP contribution in [0.25, 0.3) is 11.0 Å². The summed E-state index contributed by atoms with van der Waals surface area (Å²) < 4.78 is 35.3. The fourth-order valence-corrected chi connectivity index (χ4v) is 5.91. The van der Waals surface area contributed by atoms with Crippen molar-refractivity contribution in [3.63, 3.8) is 0 Å². The first-order chi connectivity index (χ1) is 16.1. The highest BCUT2D eigenvalue weighted by Gasteiger charge is 2.25. The molecule has 0 aliphatic rings. The molecule has 0 radical (unpaired) electrons. The molecule has 7 nitrogen and oxygen atoms in total. The van der Waals surface area contributed by atoms with Gasteiger partial charge in [-0.3, -0.25) is 0 Å². The van der Waals surface area contributed by atoms with E-state index < -0.39 is 10.0 Å². The van der Waals surface area contributed by atoms with Gasteiger partial charge in [0, 0.05) is 26.7 Å². The maximum absolute atomic E-state index is 13.2. The van der Waals surface area contributed by atoms with Gasteiger partial charge in [0.05, 0.1) is 29.4 Å². The maximum atomic E-state index is 13.2. The zero-order valence-corrected chi connectivity index (χ0v) is 22.2. The van der Waals surface area contributed by atoms with E-state index in [-0.39, 0.29) is 0 Å². The fourth-order valence-electron chi connectivity index (χ4n) is 4.30. The van der Waals surface area contributed by atoms with Crippen LogP contribution in [0.1, 0.15) is 36.0 Å². The number of methoxy groups -OCH3 is 1. The van der Waals surface area contributed by atoms with Gasteiger partial charge in [0.15, 0.2) is 0 Å². The number of imidazole rings is 1. The number of aromatic nitrogens is 2. The average Bonchev–Trinajstić information content (AvgIpc) is 3.18. The molecule has 1 heterocycles. The largest absolute Gasteiger partial charge is 0.497 e. The van der Waals surface area contributed by atoms with Gasteiger partial charge in [-0.25, -0.2) is 17.7 Å². The Labute approximate surface area is 204 Å². The molecule has 186 valence electrons. The third-order valence-corrected chi connectivity index (χ3v) is 8.41. The molecule has 8 heteroatoms. The predicted octanol–water partition coefficient (Wildman–Crippen LogP) is 4.26. The number of fused-ring (bicyclic) bond motifs is 1. The van der Waals surface area contributed by atoms with Crippen LogP contribution in [-0.2, 0) is 23.0 Å². The van der Waals surface area contributed by atoms with Gasteiger partial charge in [-0.15, -0.1) is 0 Å². The lowest BCUT2D eigenvalue weighted by Gasteiger charge is -2.20. The lowest BCUT2D eigenvalue weighted by molar-refractivity contribution is 0.386. The molecule has 0 aliphatic carbocycles. The van der Waals surface area contributed by atoms with Crippen LogP contribution in [0.15, 0.2) is 41.6 Å². The van der Waals surface area contributed by atoms with Gasteiger partial charge >= 0.3 is 0 Å². The molecule has 0 N–H and O–H groups in total. The van der Waals surface area contributed by atoms with Crippen molar-refractivity contribution in [1.82, 2.24) is 18.8 Å². The first-order valence-electron chi connectivity index (χ1n) is 11.8. The fraction of sp³-hybridized carbons (Fsp3) is 0.500. The number of unbranched alkanes of at least 4 members (excludes halogenated alkanes) is 2. The van der Waals surface area contributed by atoms with Crippen LogP contribution in [0.4, 0.5) is 0 Å². The van der Waals surface area contributed by atoms with Crippen molar-refractivity contribution in [3.05, 3.63) is 53.3 Å². The van der Waals surface area contributed by atoms with Crippen LogP contribution >= 0.6 is 0 Å². The third kappa shape index (κ3) is 6.17. The summed E-state index contributed by atoms with van der Waals surface area (Å²) in [5.74, 6) is 0.676. The van der Waals surface area contributed by atoms with Crippen LogP contribution in [-0.4, -0.2) is 68.5 Å². The number of rotatable bonds is 12. The van der Waals surface area contributed by atoms with E-state index in [0.717, 1.165) is 44.3 Å². The second-order valence-corrected chi connectivity index (χ2v) is 11.3. The van der Waals surface area contributed by atoms with Gasteiger partial charge in [-0.2, -0.15) is 0 Å². The second kappa shape index (κ2) is 11.3. The topological polar surface area (TPSA) is 67.7 Å². The monoisotopic (exact) mass is 486 g/mol. The normalized spacial score (nSPS) is 12.2. The highest BCUT2D eigenvalue weighted by Crippen LogP contribution is 2.28.